The van der Waals surface area contributed by atoms with Gasteiger partial charge in [-0.15, -0.1) is 0 Å². The Bertz CT molecular complexity index is 1080. The van der Waals surface area contributed by atoms with Crippen LogP contribution in [-0.2, 0) is 0 Å². The van der Waals surface area contributed by atoms with Crippen molar-refractivity contribution in [1.82, 2.24) is 0 Å². The Morgan fingerprint density at radius 3 is 2.31 bits per heavy atom. The fourth-order valence-corrected chi connectivity index (χ4v) is 2.98. The van der Waals surface area contributed by atoms with E-state index in [2.05, 4.69) is 26.6 Å². The number of nitrogens with one attached hydrogen (secondary N) is 2. The van der Waals surface area contributed by atoms with Crippen LogP contribution >= 0.6 is 15.9 Å². The fourth-order valence-electron chi connectivity index (χ4n) is 2.68. The Labute approximate surface area is 174 Å². The summed E-state index contributed by atoms with van der Waals surface area (Å²) in [6.07, 6.45) is 0. The van der Waals surface area contributed by atoms with Crippen molar-refractivity contribution in [1.29, 1.82) is 0 Å². The largest absolute Gasteiger partial charge is 0.444 e. The molecule has 8 nitrogen and oxygen atoms in total. The zero-order valence-corrected chi connectivity index (χ0v) is 16.9. The zero-order chi connectivity index (χ0) is 21.0. The number of furan rings is 1. The average molecular weight is 457 g/mol. The van der Waals surface area contributed by atoms with E-state index in [0.29, 0.717) is 27.3 Å². The summed E-state index contributed by atoms with van der Waals surface area (Å²) in [7, 11) is 1.56. The highest BCUT2D eigenvalue weighted by Gasteiger charge is 2.22. The number of nitrogens with zero attached hydrogens (tertiary/aromatic N) is 1. The van der Waals surface area contributed by atoms with Crippen molar-refractivity contribution >= 4 is 50.8 Å². The average Bonchev–Trinajstić information content (AvgIpc) is 3.13. The number of urea groups is 1. The molecule has 4 N–H and O–H groups in total. The van der Waals surface area contributed by atoms with Gasteiger partial charge in [0.2, 0.25) is 0 Å². The summed E-state index contributed by atoms with van der Waals surface area (Å²) in [6, 6.07) is 15.7. The third-order valence-corrected chi connectivity index (χ3v) is 4.41. The maximum Gasteiger partial charge on any atom is 0.316 e. The summed E-state index contributed by atoms with van der Waals surface area (Å²) in [5.41, 5.74) is 6.72. The molecule has 148 valence electrons. The maximum absolute atomic E-state index is 12.8. The quantitative estimate of drug-likeness (QED) is 0.536. The number of anilines is 3. The van der Waals surface area contributed by atoms with Crippen LogP contribution in [-0.4, -0.2) is 24.9 Å². The first-order valence-electron chi connectivity index (χ1n) is 8.45. The molecule has 0 unspecified atom stereocenters. The van der Waals surface area contributed by atoms with Gasteiger partial charge in [0, 0.05) is 18.4 Å². The van der Waals surface area contributed by atoms with Crippen LogP contribution < -0.4 is 21.3 Å². The molecular weight excluding hydrogens is 440 g/mol. The lowest BCUT2D eigenvalue weighted by Gasteiger charge is -2.19. The first-order chi connectivity index (χ1) is 13.8. The number of benzene rings is 2. The molecule has 0 aliphatic heterocycles. The van der Waals surface area contributed by atoms with Crippen LogP contribution in [0, 0.1) is 0 Å². The summed E-state index contributed by atoms with van der Waals surface area (Å²) in [4.78, 5) is 37.9. The van der Waals surface area contributed by atoms with Gasteiger partial charge in [0.1, 0.15) is 0 Å². The van der Waals surface area contributed by atoms with E-state index < -0.39 is 17.8 Å². The maximum atomic E-state index is 12.8. The van der Waals surface area contributed by atoms with Crippen LogP contribution in [0.3, 0.4) is 0 Å². The highest BCUT2D eigenvalue weighted by molar-refractivity contribution is 9.10. The van der Waals surface area contributed by atoms with Crippen molar-refractivity contribution in [2.45, 2.75) is 0 Å². The molecule has 1 aromatic heterocycles. The molecule has 3 aromatic rings. The number of para-hydroxylation sites is 1. The van der Waals surface area contributed by atoms with E-state index in [1.807, 2.05) is 0 Å². The van der Waals surface area contributed by atoms with Crippen LogP contribution in [0.25, 0.3) is 0 Å². The minimum Gasteiger partial charge on any atom is -0.444 e. The van der Waals surface area contributed by atoms with E-state index in [0.717, 1.165) is 0 Å². The first-order valence-corrected chi connectivity index (χ1v) is 9.25. The van der Waals surface area contributed by atoms with Gasteiger partial charge in [-0.05, 0) is 58.4 Å². The molecule has 0 fully saturated rings. The second-order valence-corrected chi connectivity index (χ2v) is 6.79. The number of carbonyl (C=O) groups is 3. The molecule has 9 heteroatoms. The Hall–Kier alpha value is -3.59. The SMILES string of the molecule is CN(C(=O)c1ccc(Br)o1)c1ccccc1C(=O)Nc1cccc(NC(N)=O)c1. The number of primary amides is 1. The van der Waals surface area contributed by atoms with E-state index >= 15 is 0 Å². The number of hydrogen-bond acceptors (Lipinski definition) is 4. The normalized spacial score (nSPS) is 10.3. The van der Waals surface area contributed by atoms with Crippen molar-refractivity contribution in [3.8, 4) is 0 Å². The van der Waals surface area contributed by atoms with Crippen LogP contribution in [0.2, 0.25) is 0 Å². The summed E-state index contributed by atoms with van der Waals surface area (Å²) < 4.78 is 5.74. The second-order valence-electron chi connectivity index (χ2n) is 6.01. The van der Waals surface area contributed by atoms with Gasteiger partial charge in [0.15, 0.2) is 10.4 Å². The third kappa shape index (κ3) is 4.82. The van der Waals surface area contributed by atoms with E-state index in [1.54, 1.807) is 67.7 Å². The number of amides is 4. The lowest BCUT2D eigenvalue weighted by atomic mass is 10.1. The topological polar surface area (TPSA) is 118 Å². The van der Waals surface area contributed by atoms with Crippen molar-refractivity contribution in [2.75, 3.05) is 22.6 Å². The Morgan fingerprint density at radius 1 is 0.966 bits per heavy atom. The molecule has 0 radical (unpaired) electrons. The van der Waals surface area contributed by atoms with Gasteiger partial charge in [-0.3, -0.25) is 9.59 Å². The standard InChI is InChI=1S/C20H17BrN4O4/c1-25(19(27)16-9-10-17(21)29-16)15-8-3-2-7-14(15)18(26)23-12-5-4-6-13(11-12)24-20(22)28/h2-11H,1H3,(H,23,26)(H3,22,24,28). The van der Waals surface area contributed by atoms with Gasteiger partial charge in [0.05, 0.1) is 11.3 Å². The van der Waals surface area contributed by atoms with Gasteiger partial charge < -0.3 is 25.7 Å². The van der Waals surface area contributed by atoms with Gasteiger partial charge in [-0.25, -0.2) is 4.79 Å². The molecule has 4 amide bonds. The molecular formula is C20H17BrN4O4. The first kappa shape index (κ1) is 20.2. The van der Waals surface area contributed by atoms with Crippen LogP contribution in [0.15, 0.2) is 69.8 Å². The predicted molar refractivity (Wildman–Crippen MR) is 113 cm³/mol. The second kappa shape index (κ2) is 8.61. The Balaban J connectivity index is 1.83. The summed E-state index contributed by atoms with van der Waals surface area (Å²) in [5.74, 6) is -0.680. The van der Waals surface area contributed by atoms with Crippen LogP contribution in [0.5, 0.6) is 0 Å². The lowest BCUT2D eigenvalue weighted by molar-refractivity contribution is 0.0965. The van der Waals surface area contributed by atoms with Gasteiger partial charge in [-0.2, -0.15) is 0 Å². The van der Waals surface area contributed by atoms with Gasteiger partial charge in [-0.1, -0.05) is 18.2 Å². The summed E-state index contributed by atoms with van der Waals surface area (Å²) >= 11 is 3.17. The molecule has 0 saturated heterocycles. The lowest BCUT2D eigenvalue weighted by Crippen LogP contribution is -2.28. The monoisotopic (exact) mass is 456 g/mol. The predicted octanol–water partition coefficient (Wildman–Crippen LogP) is 4.06. The third-order valence-electron chi connectivity index (χ3n) is 3.99. The number of halogens is 1. The van der Waals surface area contributed by atoms with E-state index in [-0.39, 0.29) is 5.76 Å². The zero-order valence-electron chi connectivity index (χ0n) is 15.3. The molecule has 29 heavy (non-hydrogen) atoms. The summed E-state index contributed by atoms with van der Waals surface area (Å²) in [5, 5.41) is 5.19. The van der Waals surface area contributed by atoms with Gasteiger partial charge in [0.25, 0.3) is 11.8 Å². The summed E-state index contributed by atoms with van der Waals surface area (Å²) in [6.45, 7) is 0. The molecule has 0 saturated carbocycles. The van der Waals surface area contributed by atoms with Gasteiger partial charge >= 0.3 is 6.03 Å². The number of carbonyl (C=O) groups excluding carboxylic acids is 3. The van der Waals surface area contributed by atoms with E-state index in [1.165, 1.54) is 4.90 Å². The number of rotatable bonds is 5. The highest BCUT2D eigenvalue weighted by Crippen LogP contribution is 2.24. The highest BCUT2D eigenvalue weighted by atomic mass is 79.9. The Morgan fingerprint density at radius 2 is 1.66 bits per heavy atom. The molecule has 0 atom stereocenters. The molecule has 3 rings (SSSR count). The number of hydrogen-bond donors (Lipinski definition) is 3. The Kier molecular flexibility index (Phi) is 5.99. The minimum absolute atomic E-state index is 0.139. The van der Waals surface area contributed by atoms with Crippen molar-refractivity contribution in [3.63, 3.8) is 0 Å². The smallest absolute Gasteiger partial charge is 0.316 e. The molecule has 0 spiro atoms. The van der Waals surface area contributed by atoms with E-state index in [4.69, 9.17) is 10.2 Å². The molecule has 0 bridgehead atoms. The fraction of sp³-hybridized carbons (Fsp3) is 0.0500. The molecule has 1 heterocycles. The van der Waals surface area contributed by atoms with Crippen molar-refractivity contribution in [3.05, 3.63) is 76.7 Å². The van der Waals surface area contributed by atoms with Crippen molar-refractivity contribution in [2.24, 2.45) is 5.73 Å². The van der Waals surface area contributed by atoms with E-state index in [9.17, 15) is 14.4 Å². The van der Waals surface area contributed by atoms with Crippen molar-refractivity contribution < 1.29 is 18.8 Å². The van der Waals surface area contributed by atoms with Crippen LogP contribution in [0.4, 0.5) is 21.9 Å². The molecule has 0 aliphatic rings. The number of nitrogens with two attached hydrogens (primary N) is 1. The van der Waals surface area contributed by atoms with Crippen LogP contribution in [0.1, 0.15) is 20.9 Å². The minimum atomic E-state index is -0.705. The molecule has 0 aliphatic carbocycles. The molecule has 2 aromatic carbocycles.